The van der Waals surface area contributed by atoms with E-state index in [0.717, 1.165) is 22.0 Å². The molecule has 0 N–H and O–H groups in total. The molecule has 1 atom stereocenters. The zero-order chi connectivity index (χ0) is 19.7. The molecule has 1 aliphatic rings. The van der Waals surface area contributed by atoms with Gasteiger partial charge in [0.05, 0.1) is 24.5 Å². The van der Waals surface area contributed by atoms with Gasteiger partial charge in [0.2, 0.25) is 0 Å². The van der Waals surface area contributed by atoms with Crippen LogP contribution in [0.5, 0.6) is 0 Å². The average Bonchev–Trinajstić information content (AvgIpc) is 3.11. The molecule has 1 aliphatic heterocycles. The number of ether oxygens (including phenoxy) is 1. The summed E-state index contributed by atoms with van der Waals surface area (Å²) in [4.78, 5) is 48.4. The highest BCUT2D eigenvalue weighted by Crippen LogP contribution is 2.35. The standard InChI is InChI=1S/C18H16N2O6S/c1-10(17(24)26-2)20-16(23)14(27-18(20)25)7-11-8-19(9-15(21)22)13-6-4-3-5-12(11)13/h3-8,10H,9H2,1-2H3,(H,21,22)/p-1/b14-7-/t10-/m1/s1. The fourth-order valence-electron chi connectivity index (χ4n) is 2.89. The molecule has 1 saturated heterocycles. The van der Waals surface area contributed by atoms with E-state index in [1.807, 2.05) is 0 Å². The Morgan fingerprint density at radius 1 is 1.30 bits per heavy atom. The molecule has 0 aliphatic carbocycles. The topological polar surface area (TPSA) is 109 Å². The van der Waals surface area contributed by atoms with Crippen LogP contribution in [0.2, 0.25) is 0 Å². The molecule has 0 spiro atoms. The number of esters is 1. The van der Waals surface area contributed by atoms with E-state index in [1.165, 1.54) is 24.7 Å². The molecular formula is C18H15N2O6S-. The Labute approximate surface area is 158 Å². The number of carboxylic acid groups (broad SMARTS) is 1. The summed E-state index contributed by atoms with van der Waals surface area (Å²) in [6, 6.07) is 6.06. The van der Waals surface area contributed by atoms with Gasteiger partial charge < -0.3 is 19.2 Å². The number of carbonyl (C=O) groups is 4. The number of para-hydroxylation sites is 1. The Morgan fingerprint density at radius 2 is 2.00 bits per heavy atom. The Kier molecular flexibility index (Phi) is 5.04. The predicted molar refractivity (Wildman–Crippen MR) is 96.2 cm³/mol. The van der Waals surface area contributed by atoms with Gasteiger partial charge in [-0.2, -0.15) is 0 Å². The quantitative estimate of drug-likeness (QED) is 0.556. The van der Waals surface area contributed by atoms with Crippen LogP contribution in [0.4, 0.5) is 4.79 Å². The summed E-state index contributed by atoms with van der Waals surface area (Å²) in [7, 11) is 1.18. The largest absolute Gasteiger partial charge is 0.548 e. The van der Waals surface area contributed by atoms with Crippen molar-refractivity contribution in [2.45, 2.75) is 19.5 Å². The predicted octanol–water partition coefficient (Wildman–Crippen LogP) is 0.989. The van der Waals surface area contributed by atoms with Crippen molar-refractivity contribution in [1.82, 2.24) is 9.47 Å². The number of imide groups is 1. The number of methoxy groups -OCH3 is 1. The monoisotopic (exact) mass is 387 g/mol. The molecule has 2 heterocycles. The molecule has 1 fully saturated rings. The molecule has 2 amide bonds. The van der Waals surface area contributed by atoms with Crippen LogP contribution in [0.25, 0.3) is 17.0 Å². The molecule has 1 aromatic heterocycles. The Balaban J connectivity index is 2.00. The van der Waals surface area contributed by atoms with Gasteiger partial charge in [0, 0.05) is 22.7 Å². The molecule has 0 saturated carbocycles. The van der Waals surface area contributed by atoms with Gasteiger partial charge in [-0.25, -0.2) is 4.79 Å². The molecular weight excluding hydrogens is 372 g/mol. The van der Waals surface area contributed by atoms with Crippen molar-refractivity contribution in [2.24, 2.45) is 0 Å². The van der Waals surface area contributed by atoms with Gasteiger partial charge in [0.15, 0.2) is 0 Å². The Bertz CT molecular complexity index is 993. The first-order chi connectivity index (χ1) is 12.8. The van der Waals surface area contributed by atoms with Gasteiger partial charge in [-0.1, -0.05) is 18.2 Å². The molecule has 140 valence electrons. The molecule has 2 aromatic rings. The lowest BCUT2D eigenvalue weighted by atomic mass is 10.1. The van der Waals surface area contributed by atoms with Gasteiger partial charge in [-0.3, -0.25) is 14.5 Å². The first kappa shape index (κ1) is 18.7. The molecule has 0 radical (unpaired) electrons. The van der Waals surface area contributed by atoms with E-state index in [1.54, 1.807) is 30.5 Å². The molecule has 0 unspecified atom stereocenters. The van der Waals surface area contributed by atoms with Crippen molar-refractivity contribution in [3.63, 3.8) is 0 Å². The molecule has 27 heavy (non-hydrogen) atoms. The second kappa shape index (κ2) is 7.28. The highest BCUT2D eigenvalue weighted by molar-refractivity contribution is 8.18. The van der Waals surface area contributed by atoms with E-state index in [2.05, 4.69) is 4.74 Å². The van der Waals surface area contributed by atoms with E-state index in [4.69, 9.17) is 0 Å². The molecule has 9 heteroatoms. The minimum absolute atomic E-state index is 0.145. The first-order valence-electron chi connectivity index (χ1n) is 7.96. The van der Waals surface area contributed by atoms with Gasteiger partial charge in [-0.05, 0) is 30.8 Å². The van der Waals surface area contributed by atoms with Gasteiger partial charge in [0.1, 0.15) is 6.04 Å². The molecule has 8 nitrogen and oxygen atoms in total. The van der Waals surface area contributed by atoms with Crippen molar-refractivity contribution in [3.8, 4) is 0 Å². The third-order valence-electron chi connectivity index (χ3n) is 4.16. The normalized spacial score (nSPS) is 17.0. The van der Waals surface area contributed by atoms with Crippen LogP contribution in [-0.2, 0) is 25.7 Å². The van der Waals surface area contributed by atoms with Gasteiger partial charge in [-0.15, -0.1) is 0 Å². The minimum atomic E-state index is -1.24. The first-order valence-corrected chi connectivity index (χ1v) is 8.77. The number of carbonyl (C=O) groups excluding carboxylic acids is 4. The minimum Gasteiger partial charge on any atom is -0.548 e. The summed E-state index contributed by atoms with van der Waals surface area (Å²) in [6.07, 6.45) is 3.10. The van der Waals surface area contributed by atoms with Crippen LogP contribution in [0.1, 0.15) is 12.5 Å². The van der Waals surface area contributed by atoms with Crippen molar-refractivity contribution in [1.29, 1.82) is 0 Å². The Morgan fingerprint density at radius 3 is 2.67 bits per heavy atom. The summed E-state index contributed by atoms with van der Waals surface area (Å²) >= 11 is 0.717. The number of fused-ring (bicyclic) bond motifs is 1. The van der Waals surface area contributed by atoms with Crippen molar-refractivity contribution in [3.05, 3.63) is 40.9 Å². The van der Waals surface area contributed by atoms with Crippen LogP contribution in [0, 0.1) is 0 Å². The number of hydrogen-bond acceptors (Lipinski definition) is 7. The number of aliphatic carboxylic acids is 1. The van der Waals surface area contributed by atoms with Crippen LogP contribution in [-0.4, -0.2) is 45.7 Å². The van der Waals surface area contributed by atoms with Crippen molar-refractivity contribution < 1.29 is 29.0 Å². The second-order valence-corrected chi connectivity index (χ2v) is 6.85. The lowest BCUT2D eigenvalue weighted by Gasteiger charge is -2.18. The third kappa shape index (κ3) is 3.45. The van der Waals surface area contributed by atoms with E-state index in [0.29, 0.717) is 11.1 Å². The average molecular weight is 387 g/mol. The number of benzene rings is 1. The van der Waals surface area contributed by atoms with Crippen LogP contribution in [0.3, 0.4) is 0 Å². The summed E-state index contributed by atoms with van der Waals surface area (Å²) in [5.41, 5.74) is 1.25. The number of carboxylic acids is 1. The van der Waals surface area contributed by atoms with E-state index < -0.39 is 29.1 Å². The summed E-state index contributed by atoms with van der Waals surface area (Å²) in [5, 5.41) is 11.1. The molecule has 1 aromatic carbocycles. The number of nitrogens with zero attached hydrogens (tertiary/aromatic N) is 2. The lowest BCUT2D eigenvalue weighted by Crippen LogP contribution is -2.42. The fourth-order valence-corrected chi connectivity index (χ4v) is 3.79. The molecule has 3 rings (SSSR count). The van der Waals surface area contributed by atoms with Crippen molar-refractivity contribution in [2.75, 3.05) is 7.11 Å². The van der Waals surface area contributed by atoms with E-state index in [-0.39, 0.29) is 11.4 Å². The smallest absolute Gasteiger partial charge is 0.328 e. The SMILES string of the molecule is COC(=O)[C@@H](C)N1C(=O)S/C(=C\c2cn(CC(=O)[O-])c3ccccc23)C1=O. The fraction of sp³-hybridized carbons (Fsp3) is 0.222. The van der Waals surface area contributed by atoms with Gasteiger partial charge >= 0.3 is 5.97 Å². The number of amides is 2. The maximum Gasteiger partial charge on any atom is 0.328 e. The van der Waals surface area contributed by atoms with E-state index in [9.17, 15) is 24.3 Å². The zero-order valence-electron chi connectivity index (χ0n) is 14.5. The van der Waals surface area contributed by atoms with Gasteiger partial charge in [0.25, 0.3) is 11.1 Å². The number of aromatic nitrogens is 1. The van der Waals surface area contributed by atoms with Crippen molar-refractivity contribution >= 4 is 51.8 Å². The zero-order valence-corrected chi connectivity index (χ0v) is 15.3. The third-order valence-corrected chi connectivity index (χ3v) is 5.04. The maximum absolute atomic E-state index is 12.6. The lowest BCUT2D eigenvalue weighted by molar-refractivity contribution is -0.306. The van der Waals surface area contributed by atoms with Crippen LogP contribution >= 0.6 is 11.8 Å². The number of thioether (sulfide) groups is 1. The Hall–Kier alpha value is -3.07. The highest BCUT2D eigenvalue weighted by atomic mass is 32.2. The highest BCUT2D eigenvalue weighted by Gasteiger charge is 2.41. The maximum atomic E-state index is 12.6. The van der Waals surface area contributed by atoms with Crippen LogP contribution < -0.4 is 5.11 Å². The summed E-state index contributed by atoms with van der Waals surface area (Å²) in [5.74, 6) is -2.53. The molecule has 0 bridgehead atoms. The summed E-state index contributed by atoms with van der Waals surface area (Å²) < 4.78 is 6.09. The number of hydrogen-bond donors (Lipinski definition) is 0. The second-order valence-electron chi connectivity index (χ2n) is 5.85. The van der Waals surface area contributed by atoms with Crippen LogP contribution in [0.15, 0.2) is 35.4 Å². The van der Waals surface area contributed by atoms with E-state index >= 15 is 0 Å². The number of rotatable bonds is 5. The summed E-state index contributed by atoms with van der Waals surface area (Å²) in [6.45, 7) is 1.08.